The summed E-state index contributed by atoms with van der Waals surface area (Å²) in [5.74, 6) is -0.674. The zero-order valence-corrected chi connectivity index (χ0v) is 16.6. The molecule has 1 aromatic carbocycles. The second-order valence-electron chi connectivity index (χ2n) is 6.59. The van der Waals surface area contributed by atoms with Gasteiger partial charge in [-0.3, -0.25) is 14.6 Å². The van der Waals surface area contributed by atoms with Gasteiger partial charge in [-0.1, -0.05) is 12.1 Å². The van der Waals surface area contributed by atoms with Gasteiger partial charge < -0.3 is 21.1 Å². The van der Waals surface area contributed by atoms with E-state index in [9.17, 15) is 9.59 Å². The van der Waals surface area contributed by atoms with Gasteiger partial charge in [-0.15, -0.1) is 0 Å². The molecule has 0 radical (unpaired) electrons. The molecule has 0 saturated carbocycles. The zero-order chi connectivity index (χ0) is 21.5. The molecule has 0 bridgehead atoms. The Balaban J connectivity index is 1.77. The number of anilines is 2. The fraction of sp³-hybridized carbons (Fsp3) is 0.190. The maximum absolute atomic E-state index is 12.5. The van der Waals surface area contributed by atoms with Crippen LogP contribution in [0.5, 0.6) is 0 Å². The molecule has 4 N–H and O–H groups in total. The molecule has 9 heteroatoms. The Labute approximate surface area is 173 Å². The van der Waals surface area contributed by atoms with Gasteiger partial charge in [-0.05, 0) is 31.2 Å². The topological polar surface area (TPSA) is 132 Å². The minimum atomic E-state index is -0.488. The molecule has 0 saturated heterocycles. The first kappa shape index (κ1) is 20.9. The van der Waals surface area contributed by atoms with Gasteiger partial charge in [0.25, 0.3) is 11.8 Å². The number of benzene rings is 1. The average Bonchev–Trinajstić information content (AvgIpc) is 2.75. The van der Waals surface area contributed by atoms with E-state index in [2.05, 4.69) is 25.6 Å². The van der Waals surface area contributed by atoms with E-state index < -0.39 is 5.91 Å². The molecule has 2 amide bonds. The molecular weight excluding hydrogens is 384 g/mol. The number of hydrogen-bond acceptors (Lipinski definition) is 7. The van der Waals surface area contributed by atoms with E-state index in [-0.39, 0.29) is 23.5 Å². The summed E-state index contributed by atoms with van der Waals surface area (Å²) < 4.78 is 5.02. The van der Waals surface area contributed by atoms with Crippen molar-refractivity contribution in [2.75, 3.05) is 24.8 Å². The molecule has 154 valence electrons. The van der Waals surface area contributed by atoms with Gasteiger partial charge in [-0.25, -0.2) is 9.97 Å². The average molecular weight is 406 g/mol. The van der Waals surface area contributed by atoms with Crippen LogP contribution in [0.4, 0.5) is 11.5 Å². The van der Waals surface area contributed by atoms with E-state index >= 15 is 0 Å². The van der Waals surface area contributed by atoms with Crippen LogP contribution in [0.15, 0.2) is 55.0 Å². The number of nitrogens with zero attached hydrogens (tertiary/aromatic N) is 3. The van der Waals surface area contributed by atoms with E-state index in [0.717, 1.165) is 0 Å². The van der Waals surface area contributed by atoms with Crippen molar-refractivity contribution in [1.29, 1.82) is 0 Å². The number of methoxy groups -OCH3 is 1. The van der Waals surface area contributed by atoms with Crippen molar-refractivity contribution in [2.24, 2.45) is 0 Å². The molecule has 0 fully saturated rings. The van der Waals surface area contributed by atoms with Crippen LogP contribution < -0.4 is 16.4 Å². The number of pyridine rings is 1. The first-order valence-corrected chi connectivity index (χ1v) is 9.22. The minimum Gasteiger partial charge on any atom is -0.383 e. The van der Waals surface area contributed by atoms with E-state index in [0.29, 0.717) is 29.1 Å². The SMILES string of the molecule is COC[C@H](C)NC(=O)c1ccc(-c2cnc(N)c(C(=O)Nc3cccnc3)n2)cc1. The van der Waals surface area contributed by atoms with Gasteiger partial charge in [0.1, 0.15) is 0 Å². The van der Waals surface area contributed by atoms with E-state index in [4.69, 9.17) is 10.5 Å². The van der Waals surface area contributed by atoms with E-state index in [1.54, 1.807) is 49.7 Å². The summed E-state index contributed by atoms with van der Waals surface area (Å²) in [6.45, 7) is 2.28. The Morgan fingerprint density at radius 1 is 1.13 bits per heavy atom. The number of hydrogen-bond donors (Lipinski definition) is 3. The second kappa shape index (κ2) is 9.57. The number of carbonyl (C=O) groups excluding carboxylic acids is 2. The number of aromatic nitrogens is 3. The number of carbonyl (C=O) groups is 2. The van der Waals surface area contributed by atoms with Crippen LogP contribution in [-0.4, -0.2) is 46.5 Å². The first-order chi connectivity index (χ1) is 14.5. The second-order valence-corrected chi connectivity index (χ2v) is 6.59. The lowest BCUT2D eigenvalue weighted by molar-refractivity contribution is 0.0905. The minimum absolute atomic E-state index is 0.00608. The molecule has 0 aliphatic carbocycles. The third kappa shape index (κ3) is 5.15. The summed E-state index contributed by atoms with van der Waals surface area (Å²) in [6.07, 6.45) is 4.60. The molecule has 9 nitrogen and oxygen atoms in total. The number of nitrogen functional groups attached to an aromatic ring is 1. The van der Waals surface area contributed by atoms with Crippen molar-refractivity contribution in [1.82, 2.24) is 20.3 Å². The molecule has 0 spiro atoms. The molecule has 2 aromatic heterocycles. The van der Waals surface area contributed by atoms with E-state index in [1.807, 2.05) is 6.92 Å². The zero-order valence-electron chi connectivity index (χ0n) is 16.6. The van der Waals surface area contributed by atoms with Crippen LogP contribution >= 0.6 is 0 Å². The molecule has 0 aliphatic heterocycles. The third-order valence-electron chi connectivity index (χ3n) is 4.17. The Morgan fingerprint density at radius 2 is 1.90 bits per heavy atom. The monoisotopic (exact) mass is 406 g/mol. The van der Waals surface area contributed by atoms with Crippen LogP contribution in [0.3, 0.4) is 0 Å². The summed E-state index contributed by atoms with van der Waals surface area (Å²) in [6, 6.07) is 10.1. The maximum Gasteiger partial charge on any atom is 0.278 e. The van der Waals surface area contributed by atoms with Crippen LogP contribution in [0.2, 0.25) is 0 Å². The number of nitrogens with one attached hydrogen (secondary N) is 2. The predicted octanol–water partition coefficient (Wildman–Crippen LogP) is 2.14. The molecule has 0 unspecified atom stereocenters. The van der Waals surface area contributed by atoms with Gasteiger partial charge in [0.05, 0.1) is 30.4 Å². The number of nitrogens with two attached hydrogens (primary N) is 1. The summed E-state index contributed by atoms with van der Waals surface area (Å²) >= 11 is 0. The van der Waals surface area contributed by atoms with Gasteiger partial charge in [-0.2, -0.15) is 0 Å². The Kier molecular flexibility index (Phi) is 6.66. The largest absolute Gasteiger partial charge is 0.383 e. The van der Waals surface area contributed by atoms with E-state index in [1.165, 1.54) is 12.4 Å². The maximum atomic E-state index is 12.5. The standard InChI is InChI=1S/C21H22N6O3/c1-13(12-30-2)25-20(28)15-7-5-14(6-8-15)17-11-24-19(22)18(27-17)21(29)26-16-4-3-9-23-10-16/h3-11,13H,12H2,1-2H3,(H2,22,24)(H,25,28)(H,26,29)/t13-/m0/s1. The Morgan fingerprint density at radius 3 is 2.57 bits per heavy atom. The highest BCUT2D eigenvalue weighted by Crippen LogP contribution is 2.20. The molecule has 0 aliphatic rings. The third-order valence-corrected chi connectivity index (χ3v) is 4.17. The van der Waals surface area contributed by atoms with Crippen molar-refractivity contribution >= 4 is 23.3 Å². The number of amides is 2. The number of rotatable bonds is 7. The summed E-state index contributed by atoms with van der Waals surface area (Å²) in [5, 5.41) is 5.53. The smallest absolute Gasteiger partial charge is 0.278 e. The van der Waals surface area contributed by atoms with Crippen molar-refractivity contribution in [3.63, 3.8) is 0 Å². The van der Waals surface area contributed by atoms with Crippen molar-refractivity contribution in [2.45, 2.75) is 13.0 Å². The summed E-state index contributed by atoms with van der Waals surface area (Å²) in [4.78, 5) is 37.2. The van der Waals surface area contributed by atoms with Crippen LogP contribution in [0.25, 0.3) is 11.3 Å². The molecule has 30 heavy (non-hydrogen) atoms. The molecule has 1 atom stereocenters. The van der Waals surface area contributed by atoms with Gasteiger partial charge in [0.2, 0.25) is 0 Å². The Hall–Kier alpha value is -3.85. The van der Waals surface area contributed by atoms with Crippen molar-refractivity contribution < 1.29 is 14.3 Å². The van der Waals surface area contributed by atoms with Gasteiger partial charge in [0, 0.05) is 30.5 Å². The highest BCUT2D eigenvalue weighted by atomic mass is 16.5. The van der Waals surface area contributed by atoms with Crippen LogP contribution in [0.1, 0.15) is 27.8 Å². The highest BCUT2D eigenvalue weighted by Gasteiger charge is 2.16. The lowest BCUT2D eigenvalue weighted by Gasteiger charge is -2.13. The van der Waals surface area contributed by atoms with Crippen molar-refractivity contribution in [3.8, 4) is 11.3 Å². The van der Waals surface area contributed by atoms with Crippen LogP contribution in [-0.2, 0) is 4.74 Å². The van der Waals surface area contributed by atoms with Crippen molar-refractivity contribution in [3.05, 3.63) is 66.2 Å². The Bertz CT molecular complexity index is 1020. The molecule has 3 rings (SSSR count). The quantitative estimate of drug-likeness (QED) is 0.547. The lowest BCUT2D eigenvalue weighted by atomic mass is 10.1. The predicted molar refractivity (Wildman–Crippen MR) is 113 cm³/mol. The fourth-order valence-electron chi connectivity index (χ4n) is 2.72. The normalized spacial score (nSPS) is 11.5. The lowest BCUT2D eigenvalue weighted by Crippen LogP contribution is -2.35. The first-order valence-electron chi connectivity index (χ1n) is 9.22. The molecule has 2 heterocycles. The highest BCUT2D eigenvalue weighted by molar-refractivity contribution is 6.05. The molecular formula is C21H22N6O3. The molecule has 3 aromatic rings. The number of ether oxygens (including phenoxy) is 1. The fourth-order valence-corrected chi connectivity index (χ4v) is 2.72. The summed E-state index contributed by atoms with van der Waals surface area (Å²) in [5.41, 5.74) is 8.02. The van der Waals surface area contributed by atoms with Gasteiger partial charge >= 0.3 is 0 Å². The van der Waals surface area contributed by atoms with Gasteiger partial charge in [0.15, 0.2) is 11.5 Å². The summed E-state index contributed by atoms with van der Waals surface area (Å²) in [7, 11) is 1.58. The van der Waals surface area contributed by atoms with Crippen LogP contribution in [0, 0.1) is 0 Å².